The fourth-order valence-corrected chi connectivity index (χ4v) is 1.81. The van der Waals surface area contributed by atoms with Crippen molar-refractivity contribution in [2.45, 2.75) is 13.5 Å². The fraction of sp³-hybridized carbons (Fsp3) is 0.143. The molecule has 0 atom stereocenters. The number of aromatic nitrogens is 5. The number of aryl methyl sites for hydroxylation is 1. The van der Waals surface area contributed by atoms with Gasteiger partial charge in [-0.15, -0.1) is 5.10 Å². The summed E-state index contributed by atoms with van der Waals surface area (Å²) in [6, 6.07) is 10.1. The van der Waals surface area contributed by atoms with E-state index < -0.39 is 0 Å². The number of hydrogen-bond donors (Lipinski definition) is 0. The SMILES string of the molecule is Cc1ccc(-c2cn(Cc3ccncn3)nn2)cc1. The average Bonchev–Trinajstić information content (AvgIpc) is 2.89. The van der Waals surface area contributed by atoms with E-state index in [9.17, 15) is 0 Å². The van der Waals surface area contributed by atoms with Gasteiger partial charge in [0.1, 0.15) is 12.0 Å². The number of hydrogen-bond acceptors (Lipinski definition) is 4. The minimum absolute atomic E-state index is 0.599. The van der Waals surface area contributed by atoms with Crippen molar-refractivity contribution in [3.8, 4) is 11.3 Å². The standard InChI is InChI=1S/C14H13N5/c1-11-2-4-12(5-3-11)14-9-19(18-17-14)8-13-6-7-15-10-16-13/h2-7,9-10H,8H2,1H3. The summed E-state index contributed by atoms with van der Waals surface area (Å²) in [5, 5.41) is 8.30. The Morgan fingerprint density at radius 2 is 1.95 bits per heavy atom. The topological polar surface area (TPSA) is 56.5 Å². The maximum atomic E-state index is 4.18. The first-order valence-electron chi connectivity index (χ1n) is 6.03. The molecule has 0 fully saturated rings. The van der Waals surface area contributed by atoms with Crippen LogP contribution in [0.25, 0.3) is 11.3 Å². The minimum atomic E-state index is 0.599. The Balaban J connectivity index is 1.82. The van der Waals surface area contributed by atoms with E-state index in [0.29, 0.717) is 6.54 Å². The van der Waals surface area contributed by atoms with Crippen molar-refractivity contribution in [1.82, 2.24) is 25.0 Å². The summed E-state index contributed by atoms with van der Waals surface area (Å²) < 4.78 is 1.78. The molecule has 0 N–H and O–H groups in total. The van der Waals surface area contributed by atoms with E-state index >= 15 is 0 Å². The number of nitrogens with zero attached hydrogens (tertiary/aromatic N) is 5. The molecule has 0 aliphatic rings. The molecule has 0 saturated heterocycles. The Kier molecular flexibility index (Phi) is 3.02. The van der Waals surface area contributed by atoms with E-state index in [-0.39, 0.29) is 0 Å². The van der Waals surface area contributed by atoms with E-state index in [1.165, 1.54) is 11.9 Å². The third-order valence-electron chi connectivity index (χ3n) is 2.85. The monoisotopic (exact) mass is 251 g/mol. The van der Waals surface area contributed by atoms with Crippen molar-refractivity contribution in [3.63, 3.8) is 0 Å². The lowest BCUT2D eigenvalue weighted by Crippen LogP contribution is -2.02. The zero-order chi connectivity index (χ0) is 13.1. The van der Waals surface area contributed by atoms with Crippen LogP contribution in [-0.4, -0.2) is 25.0 Å². The van der Waals surface area contributed by atoms with Gasteiger partial charge in [-0.25, -0.2) is 14.6 Å². The zero-order valence-electron chi connectivity index (χ0n) is 10.6. The van der Waals surface area contributed by atoms with Crippen LogP contribution in [0.2, 0.25) is 0 Å². The lowest BCUT2D eigenvalue weighted by atomic mass is 10.1. The van der Waals surface area contributed by atoms with Gasteiger partial charge in [-0.05, 0) is 13.0 Å². The van der Waals surface area contributed by atoms with Gasteiger partial charge in [0.25, 0.3) is 0 Å². The van der Waals surface area contributed by atoms with Crippen molar-refractivity contribution >= 4 is 0 Å². The first kappa shape index (κ1) is 11.5. The Labute approximate surface area is 111 Å². The second-order valence-corrected chi connectivity index (χ2v) is 4.37. The van der Waals surface area contributed by atoms with Crippen molar-refractivity contribution in [3.05, 3.63) is 60.3 Å². The van der Waals surface area contributed by atoms with Crippen LogP contribution in [-0.2, 0) is 6.54 Å². The van der Waals surface area contributed by atoms with E-state index in [1.54, 1.807) is 10.9 Å². The van der Waals surface area contributed by atoms with Crippen LogP contribution >= 0.6 is 0 Å². The predicted molar refractivity (Wildman–Crippen MR) is 71.3 cm³/mol. The normalized spacial score (nSPS) is 10.6. The predicted octanol–water partition coefficient (Wildman–Crippen LogP) is 2.09. The third-order valence-corrected chi connectivity index (χ3v) is 2.85. The van der Waals surface area contributed by atoms with Crippen molar-refractivity contribution in [2.75, 3.05) is 0 Å². The van der Waals surface area contributed by atoms with Crippen LogP contribution in [0.15, 0.2) is 49.1 Å². The van der Waals surface area contributed by atoms with Gasteiger partial charge in [0.05, 0.1) is 18.4 Å². The molecular formula is C14H13N5. The van der Waals surface area contributed by atoms with E-state index in [4.69, 9.17) is 0 Å². The van der Waals surface area contributed by atoms with Crippen LogP contribution in [0.1, 0.15) is 11.3 Å². The highest BCUT2D eigenvalue weighted by molar-refractivity contribution is 5.57. The lowest BCUT2D eigenvalue weighted by molar-refractivity contribution is 0.637. The van der Waals surface area contributed by atoms with Gasteiger partial charge in [-0.2, -0.15) is 0 Å². The molecule has 3 aromatic rings. The summed E-state index contributed by atoms with van der Waals surface area (Å²) in [4.78, 5) is 8.06. The third kappa shape index (κ3) is 2.65. The molecule has 0 aliphatic carbocycles. The number of benzene rings is 1. The summed E-state index contributed by atoms with van der Waals surface area (Å²) in [6.45, 7) is 2.66. The highest BCUT2D eigenvalue weighted by Gasteiger charge is 2.04. The molecule has 3 rings (SSSR count). The first-order valence-corrected chi connectivity index (χ1v) is 6.03. The minimum Gasteiger partial charge on any atom is -0.246 e. The van der Waals surface area contributed by atoms with E-state index in [2.05, 4.69) is 39.3 Å². The highest BCUT2D eigenvalue weighted by Crippen LogP contribution is 2.16. The van der Waals surface area contributed by atoms with E-state index in [0.717, 1.165) is 17.0 Å². The summed E-state index contributed by atoms with van der Waals surface area (Å²) in [5.41, 5.74) is 4.08. The van der Waals surface area contributed by atoms with Crippen molar-refractivity contribution < 1.29 is 0 Å². The highest BCUT2D eigenvalue weighted by atomic mass is 15.4. The first-order chi connectivity index (χ1) is 9.31. The molecule has 0 saturated carbocycles. The summed E-state index contributed by atoms with van der Waals surface area (Å²) >= 11 is 0. The Bertz CT molecular complexity index is 658. The average molecular weight is 251 g/mol. The molecule has 5 nitrogen and oxygen atoms in total. The molecule has 0 amide bonds. The van der Waals surface area contributed by atoms with Crippen LogP contribution in [0.5, 0.6) is 0 Å². The van der Waals surface area contributed by atoms with Gasteiger partial charge < -0.3 is 0 Å². The van der Waals surface area contributed by atoms with Gasteiger partial charge in [-0.1, -0.05) is 35.0 Å². The maximum absolute atomic E-state index is 4.18. The van der Waals surface area contributed by atoms with Gasteiger partial charge in [0, 0.05) is 11.8 Å². The Morgan fingerprint density at radius 1 is 1.11 bits per heavy atom. The van der Waals surface area contributed by atoms with Gasteiger partial charge in [0.15, 0.2) is 0 Å². The molecule has 0 aliphatic heterocycles. The van der Waals surface area contributed by atoms with Crippen molar-refractivity contribution in [1.29, 1.82) is 0 Å². The molecule has 2 heterocycles. The van der Waals surface area contributed by atoms with Gasteiger partial charge in [-0.3, -0.25) is 0 Å². The molecule has 5 heteroatoms. The molecule has 0 radical (unpaired) electrons. The summed E-state index contributed by atoms with van der Waals surface area (Å²) in [5.74, 6) is 0. The molecule has 94 valence electrons. The second kappa shape index (κ2) is 4.97. The lowest BCUT2D eigenvalue weighted by Gasteiger charge is -1.98. The largest absolute Gasteiger partial charge is 0.246 e. The Hall–Kier alpha value is -2.56. The molecule has 0 spiro atoms. The molecule has 0 unspecified atom stereocenters. The van der Waals surface area contributed by atoms with Gasteiger partial charge >= 0.3 is 0 Å². The van der Waals surface area contributed by atoms with E-state index in [1.807, 2.05) is 24.4 Å². The zero-order valence-corrected chi connectivity index (χ0v) is 10.6. The molecule has 0 bridgehead atoms. The van der Waals surface area contributed by atoms with Crippen molar-refractivity contribution in [2.24, 2.45) is 0 Å². The van der Waals surface area contributed by atoms with Crippen LogP contribution in [0, 0.1) is 6.92 Å². The quantitative estimate of drug-likeness (QED) is 0.715. The molecular weight excluding hydrogens is 238 g/mol. The Morgan fingerprint density at radius 3 is 2.68 bits per heavy atom. The second-order valence-electron chi connectivity index (χ2n) is 4.37. The van der Waals surface area contributed by atoms with Crippen LogP contribution in [0.3, 0.4) is 0 Å². The fourth-order valence-electron chi connectivity index (χ4n) is 1.81. The summed E-state index contributed by atoms with van der Waals surface area (Å²) in [6.07, 6.45) is 5.18. The number of rotatable bonds is 3. The van der Waals surface area contributed by atoms with Crippen LogP contribution < -0.4 is 0 Å². The van der Waals surface area contributed by atoms with Crippen LogP contribution in [0.4, 0.5) is 0 Å². The smallest absolute Gasteiger partial charge is 0.115 e. The summed E-state index contributed by atoms with van der Waals surface area (Å²) in [7, 11) is 0. The van der Waals surface area contributed by atoms with Gasteiger partial charge in [0.2, 0.25) is 0 Å². The molecule has 2 aromatic heterocycles. The molecule has 1 aromatic carbocycles. The maximum Gasteiger partial charge on any atom is 0.115 e. The molecule has 19 heavy (non-hydrogen) atoms.